The van der Waals surface area contributed by atoms with Gasteiger partial charge in [-0.05, 0) is 47.4 Å². The first-order valence-corrected chi connectivity index (χ1v) is 15.6. The zero-order valence-corrected chi connectivity index (χ0v) is 24.0. The highest BCUT2D eigenvalue weighted by Gasteiger charge is 2.32. The van der Waals surface area contributed by atoms with Crippen LogP contribution >= 0.6 is 11.6 Å². The van der Waals surface area contributed by atoms with Crippen molar-refractivity contribution in [1.29, 1.82) is 0 Å². The topological polar surface area (TPSA) is 104 Å². The summed E-state index contributed by atoms with van der Waals surface area (Å²) < 4.78 is 25.4. The molecule has 212 valence electrons. The van der Waals surface area contributed by atoms with Crippen LogP contribution in [0.3, 0.4) is 0 Å². The van der Waals surface area contributed by atoms with Crippen LogP contribution in [-0.2, 0) is 45.5 Å². The number of hydrogen-bond acceptors (Lipinski definition) is 6. The SMILES string of the molecule is CS(=O)(=O)n1cccc1CN1CCN(C(=O)[C@@H](Cc2ccc(Cl)cc2)NC(=O)[C@H]2Cc3ccccc3CN2)CC1. The van der Waals surface area contributed by atoms with E-state index in [2.05, 4.69) is 21.6 Å². The molecule has 3 heterocycles. The van der Waals surface area contributed by atoms with Crippen LogP contribution in [0.1, 0.15) is 22.4 Å². The van der Waals surface area contributed by atoms with Gasteiger partial charge < -0.3 is 15.5 Å². The molecule has 2 aromatic carbocycles. The Kier molecular flexibility index (Phi) is 8.60. The second-order valence-electron chi connectivity index (χ2n) is 10.5. The van der Waals surface area contributed by atoms with Gasteiger partial charge in [0.25, 0.3) is 0 Å². The summed E-state index contributed by atoms with van der Waals surface area (Å²) in [7, 11) is -3.37. The number of rotatable bonds is 8. The van der Waals surface area contributed by atoms with Crippen LogP contribution < -0.4 is 10.6 Å². The second-order valence-corrected chi connectivity index (χ2v) is 12.8. The number of fused-ring (bicyclic) bond motifs is 1. The molecule has 1 saturated heterocycles. The predicted octanol–water partition coefficient (Wildman–Crippen LogP) is 2.04. The predicted molar refractivity (Wildman–Crippen MR) is 154 cm³/mol. The molecule has 5 rings (SSSR count). The van der Waals surface area contributed by atoms with Crippen molar-refractivity contribution >= 4 is 33.4 Å². The molecular formula is C29H34ClN5O4S. The molecule has 2 N–H and O–H groups in total. The fourth-order valence-corrected chi connectivity index (χ4v) is 6.35. The highest BCUT2D eigenvalue weighted by molar-refractivity contribution is 7.89. The first-order chi connectivity index (χ1) is 19.2. The third kappa shape index (κ3) is 6.75. The van der Waals surface area contributed by atoms with Gasteiger partial charge in [0.1, 0.15) is 6.04 Å². The maximum atomic E-state index is 13.8. The van der Waals surface area contributed by atoms with Crippen LogP contribution in [0.25, 0.3) is 0 Å². The fourth-order valence-electron chi connectivity index (χ4n) is 5.39. The van der Waals surface area contributed by atoms with Crippen LogP contribution in [0, 0.1) is 0 Å². The summed E-state index contributed by atoms with van der Waals surface area (Å²) in [6.07, 6.45) is 3.66. The van der Waals surface area contributed by atoms with E-state index in [4.69, 9.17) is 11.6 Å². The molecule has 40 heavy (non-hydrogen) atoms. The van der Waals surface area contributed by atoms with Gasteiger partial charge >= 0.3 is 0 Å². The van der Waals surface area contributed by atoms with Crippen molar-refractivity contribution in [2.24, 2.45) is 0 Å². The maximum Gasteiger partial charge on any atom is 0.245 e. The van der Waals surface area contributed by atoms with Crippen molar-refractivity contribution in [2.45, 2.75) is 38.0 Å². The summed E-state index contributed by atoms with van der Waals surface area (Å²) >= 11 is 6.07. The van der Waals surface area contributed by atoms with Gasteiger partial charge in [-0.3, -0.25) is 14.5 Å². The van der Waals surface area contributed by atoms with E-state index >= 15 is 0 Å². The number of halogens is 1. The first kappa shape index (κ1) is 28.4. The molecule has 1 fully saturated rings. The average Bonchev–Trinajstić information content (AvgIpc) is 3.42. The van der Waals surface area contributed by atoms with E-state index in [9.17, 15) is 18.0 Å². The number of benzene rings is 2. The standard InChI is InChI=1S/C29H34ClN5O4S/c1-40(38,39)35-12-4-7-25(35)20-33-13-15-34(16-14-33)29(37)27(17-21-8-10-24(30)11-9-21)32-28(36)26-18-22-5-2-3-6-23(22)19-31-26/h2-12,26-27,31H,13-20H2,1H3,(H,32,36)/t26-,27-/m1/s1. The van der Waals surface area contributed by atoms with Gasteiger partial charge in [-0.2, -0.15) is 0 Å². The molecule has 0 bridgehead atoms. The monoisotopic (exact) mass is 583 g/mol. The summed E-state index contributed by atoms with van der Waals surface area (Å²) in [5, 5.41) is 6.96. The normalized spacial score (nSPS) is 18.6. The van der Waals surface area contributed by atoms with Crippen LogP contribution in [0.2, 0.25) is 5.02 Å². The average molecular weight is 584 g/mol. The van der Waals surface area contributed by atoms with Gasteiger partial charge in [0, 0.05) is 62.6 Å². The molecular weight excluding hydrogens is 550 g/mol. The molecule has 11 heteroatoms. The first-order valence-electron chi connectivity index (χ1n) is 13.4. The number of nitrogens with zero attached hydrogens (tertiary/aromatic N) is 3. The van der Waals surface area contributed by atoms with E-state index in [0.29, 0.717) is 62.8 Å². The highest BCUT2D eigenvalue weighted by atomic mass is 35.5. The summed E-state index contributed by atoms with van der Waals surface area (Å²) in [5.41, 5.74) is 3.92. The number of carbonyl (C=O) groups excluding carboxylic acids is 2. The molecule has 2 amide bonds. The molecule has 2 aliphatic rings. The van der Waals surface area contributed by atoms with Gasteiger partial charge in [0.2, 0.25) is 21.8 Å². The summed E-state index contributed by atoms with van der Waals surface area (Å²) in [6, 6.07) is 17.8. The lowest BCUT2D eigenvalue weighted by molar-refractivity contribution is -0.138. The zero-order valence-electron chi connectivity index (χ0n) is 22.4. The van der Waals surface area contributed by atoms with Gasteiger partial charge in [-0.15, -0.1) is 0 Å². The largest absolute Gasteiger partial charge is 0.343 e. The lowest BCUT2D eigenvalue weighted by Gasteiger charge is -2.37. The molecule has 2 aliphatic heterocycles. The second kappa shape index (κ2) is 12.1. The number of hydrogen-bond donors (Lipinski definition) is 2. The molecule has 0 aliphatic carbocycles. The number of nitrogens with one attached hydrogen (secondary N) is 2. The molecule has 0 radical (unpaired) electrons. The molecule has 1 aromatic heterocycles. The zero-order chi connectivity index (χ0) is 28.3. The van der Waals surface area contributed by atoms with E-state index < -0.39 is 22.1 Å². The lowest BCUT2D eigenvalue weighted by Crippen LogP contribution is -2.58. The van der Waals surface area contributed by atoms with Crippen LogP contribution in [-0.4, -0.2) is 78.5 Å². The quantitative estimate of drug-likeness (QED) is 0.421. The molecule has 2 atom stereocenters. The van der Waals surface area contributed by atoms with Gasteiger partial charge in [-0.1, -0.05) is 48.0 Å². The van der Waals surface area contributed by atoms with E-state index in [-0.39, 0.29) is 11.8 Å². The number of aromatic nitrogens is 1. The Bertz CT molecular complexity index is 1470. The molecule has 9 nitrogen and oxygen atoms in total. The van der Waals surface area contributed by atoms with Crippen LogP contribution in [0.15, 0.2) is 66.9 Å². The van der Waals surface area contributed by atoms with Gasteiger partial charge in [0.05, 0.1) is 12.3 Å². The number of piperazine rings is 1. The van der Waals surface area contributed by atoms with Gasteiger partial charge in [0.15, 0.2) is 0 Å². The Morgan fingerprint density at radius 3 is 2.40 bits per heavy atom. The lowest BCUT2D eigenvalue weighted by atomic mass is 9.95. The van der Waals surface area contributed by atoms with Crippen LogP contribution in [0.4, 0.5) is 0 Å². The maximum absolute atomic E-state index is 13.8. The molecule has 0 saturated carbocycles. The van der Waals surface area contributed by atoms with Crippen molar-refractivity contribution in [1.82, 2.24) is 24.4 Å². The van der Waals surface area contributed by atoms with E-state index in [1.165, 1.54) is 15.8 Å². The Morgan fingerprint density at radius 1 is 1.00 bits per heavy atom. The van der Waals surface area contributed by atoms with Crippen molar-refractivity contribution in [2.75, 3.05) is 32.4 Å². The van der Waals surface area contributed by atoms with Crippen LogP contribution in [0.5, 0.6) is 0 Å². The van der Waals surface area contributed by atoms with E-state index in [0.717, 1.165) is 11.1 Å². The number of amides is 2. The van der Waals surface area contributed by atoms with Crippen molar-refractivity contribution in [3.8, 4) is 0 Å². The Labute approximate surface area is 240 Å². The molecule has 3 aromatic rings. The van der Waals surface area contributed by atoms with Gasteiger partial charge in [-0.25, -0.2) is 12.4 Å². The minimum Gasteiger partial charge on any atom is -0.343 e. The minimum absolute atomic E-state index is 0.126. The molecule has 0 spiro atoms. The third-order valence-electron chi connectivity index (χ3n) is 7.59. The molecule has 0 unspecified atom stereocenters. The Hall–Kier alpha value is -3.18. The Balaban J connectivity index is 1.25. The summed E-state index contributed by atoms with van der Waals surface area (Å²) in [6.45, 7) is 3.25. The Morgan fingerprint density at radius 2 is 1.70 bits per heavy atom. The summed E-state index contributed by atoms with van der Waals surface area (Å²) in [4.78, 5) is 31.0. The van der Waals surface area contributed by atoms with Crippen molar-refractivity contribution in [3.05, 3.63) is 94.3 Å². The van der Waals surface area contributed by atoms with Crippen molar-refractivity contribution in [3.63, 3.8) is 0 Å². The van der Waals surface area contributed by atoms with Crippen molar-refractivity contribution < 1.29 is 18.0 Å². The summed E-state index contributed by atoms with van der Waals surface area (Å²) in [5.74, 6) is -0.319. The number of carbonyl (C=O) groups is 2. The van der Waals surface area contributed by atoms with E-state index in [1.807, 2.05) is 30.3 Å². The minimum atomic E-state index is -3.37. The third-order valence-corrected chi connectivity index (χ3v) is 8.91. The fraction of sp³-hybridized carbons (Fsp3) is 0.379. The smallest absolute Gasteiger partial charge is 0.245 e. The van der Waals surface area contributed by atoms with E-state index in [1.54, 1.807) is 35.4 Å². The highest BCUT2D eigenvalue weighted by Crippen LogP contribution is 2.18.